The van der Waals surface area contributed by atoms with Crippen LogP contribution in [0.1, 0.15) is 17.2 Å². The number of halogens is 1. The number of hydrogen-bond donors (Lipinski definition) is 3. The van der Waals surface area contributed by atoms with Crippen LogP contribution in [0, 0.1) is 6.92 Å². The van der Waals surface area contributed by atoms with Gasteiger partial charge in [0.2, 0.25) is 0 Å². The van der Waals surface area contributed by atoms with E-state index in [1.165, 1.54) is 6.07 Å². The highest BCUT2D eigenvalue weighted by molar-refractivity contribution is 6.31. The maximum atomic E-state index is 9.50. The van der Waals surface area contributed by atoms with E-state index in [2.05, 4.69) is 0 Å². The van der Waals surface area contributed by atoms with Crippen molar-refractivity contribution in [2.45, 2.75) is 13.0 Å². The Morgan fingerprint density at radius 3 is 2.69 bits per heavy atom. The van der Waals surface area contributed by atoms with Crippen LogP contribution in [-0.4, -0.2) is 11.7 Å². The molecule has 1 aromatic rings. The monoisotopic (exact) mass is 200 g/mol. The van der Waals surface area contributed by atoms with E-state index >= 15 is 0 Å². The van der Waals surface area contributed by atoms with Gasteiger partial charge >= 0.3 is 0 Å². The zero-order valence-corrected chi connectivity index (χ0v) is 8.17. The number of phenolic OH excluding ortho intramolecular Hbond substituents is 1. The summed E-state index contributed by atoms with van der Waals surface area (Å²) in [6.45, 7) is 2.16. The van der Waals surface area contributed by atoms with Crippen LogP contribution < -0.4 is 11.5 Å². The highest BCUT2D eigenvalue weighted by atomic mass is 35.5. The first-order valence-electron chi connectivity index (χ1n) is 4.01. The summed E-state index contributed by atoms with van der Waals surface area (Å²) in [4.78, 5) is 0. The molecule has 13 heavy (non-hydrogen) atoms. The minimum atomic E-state index is -0.337. The van der Waals surface area contributed by atoms with Crippen LogP contribution in [0.15, 0.2) is 12.1 Å². The molecule has 0 saturated heterocycles. The molecule has 4 heteroatoms. The van der Waals surface area contributed by atoms with E-state index in [9.17, 15) is 5.11 Å². The SMILES string of the molecule is Cc1cc([C@@H](N)CN)c(O)cc1Cl. The molecule has 72 valence electrons. The van der Waals surface area contributed by atoms with Crippen molar-refractivity contribution >= 4 is 11.6 Å². The largest absolute Gasteiger partial charge is 0.508 e. The second-order valence-electron chi connectivity index (χ2n) is 3.00. The van der Waals surface area contributed by atoms with Crippen LogP contribution in [-0.2, 0) is 0 Å². The first-order valence-corrected chi connectivity index (χ1v) is 4.38. The van der Waals surface area contributed by atoms with Gasteiger partial charge in [-0.15, -0.1) is 0 Å². The van der Waals surface area contributed by atoms with Crippen molar-refractivity contribution in [2.24, 2.45) is 11.5 Å². The summed E-state index contributed by atoms with van der Waals surface area (Å²) < 4.78 is 0. The lowest BCUT2D eigenvalue weighted by Crippen LogP contribution is -2.20. The summed E-state index contributed by atoms with van der Waals surface area (Å²) in [5, 5.41) is 10.0. The molecule has 0 spiro atoms. The summed E-state index contributed by atoms with van der Waals surface area (Å²) in [5.41, 5.74) is 12.6. The zero-order valence-electron chi connectivity index (χ0n) is 7.42. The predicted molar refractivity (Wildman–Crippen MR) is 53.8 cm³/mol. The van der Waals surface area contributed by atoms with E-state index in [1.807, 2.05) is 6.92 Å². The van der Waals surface area contributed by atoms with Crippen LogP contribution in [0.4, 0.5) is 0 Å². The maximum absolute atomic E-state index is 9.50. The topological polar surface area (TPSA) is 72.3 Å². The third-order valence-corrected chi connectivity index (χ3v) is 2.37. The Morgan fingerprint density at radius 1 is 1.54 bits per heavy atom. The van der Waals surface area contributed by atoms with Gasteiger partial charge in [-0.25, -0.2) is 0 Å². The van der Waals surface area contributed by atoms with Crippen molar-refractivity contribution in [1.82, 2.24) is 0 Å². The minimum absolute atomic E-state index is 0.105. The molecular weight excluding hydrogens is 188 g/mol. The third kappa shape index (κ3) is 2.12. The van der Waals surface area contributed by atoms with Crippen LogP contribution in [0.25, 0.3) is 0 Å². The lowest BCUT2D eigenvalue weighted by atomic mass is 10.0. The fourth-order valence-corrected chi connectivity index (χ4v) is 1.28. The first kappa shape index (κ1) is 10.3. The van der Waals surface area contributed by atoms with Gasteiger partial charge in [-0.1, -0.05) is 11.6 Å². The summed E-state index contributed by atoms with van der Waals surface area (Å²) >= 11 is 5.80. The van der Waals surface area contributed by atoms with Gasteiger partial charge in [0, 0.05) is 23.2 Å². The molecular formula is C9H13ClN2O. The molecule has 1 atom stereocenters. The number of aromatic hydroxyl groups is 1. The molecule has 0 amide bonds. The van der Waals surface area contributed by atoms with Gasteiger partial charge in [-0.2, -0.15) is 0 Å². The van der Waals surface area contributed by atoms with E-state index in [-0.39, 0.29) is 11.8 Å². The molecule has 0 aliphatic heterocycles. The second kappa shape index (κ2) is 3.96. The van der Waals surface area contributed by atoms with Gasteiger partial charge in [-0.05, 0) is 24.6 Å². The minimum Gasteiger partial charge on any atom is -0.508 e. The predicted octanol–water partition coefficient (Wildman–Crippen LogP) is 1.31. The fraction of sp³-hybridized carbons (Fsp3) is 0.333. The van der Waals surface area contributed by atoms with Crippen molar-refractivity contribution in [3.05, 3.63) is 28.3 Å². The van der Waals surface area contributed by atoms with E-state index < -0.39 is 0 Å². The number of aryl methyl sites for hydroxylation is 1. The van der Waals surface area contributed by atoms with Gasteiger partial charge < -0.3 is 16.6 Å². The molecule has 0 aliphatic carbocycles. The average Bonchev–Trinajstić information content (AvgIpc) is 2.10. The summed E-state index contributed by atoms with van der Waals surface area (Å²) in [6, 6.07) is 2.91. The smallest absolute Gasteiger partial charge is 0.121 e. The normalized spacial score (nSPS) is 12.9. The number of hydrogen-bond acceptors (Lipinski definition) is 3. The van der Waals surface area contributed by atoms with Crippen molar-refractivity contribution < 1.29 is 5.11 Å². The van der Waals surface area contributed by atoms with E-state index in [0.29, 0.717) is 17.1 Å². The number of rotatable bonds is 2. The lowest BCUT2D eigenvalue weighted by Gasteiger charge is -2.12. The molecule has 0 radical (unpaired) electrons. The number of nitrogens with two attached hydrogens (primary N) is 2. The third-order valence-electron chi connectivity index (χ3n) is 1.96. The highest BCUT2D eigenvalue weighted by Crippen LogP contribution is 2.28. The first-order chi connectivity index (χ1) is 6.06. The molecule has 0 fully saturated rings. The van der Waals surface area contributed by atoms with Crippen molar-refractivity contribution in [3.63, 3.8) is 0 Å². The van der Waals surface area contributed by atoms with Crippen LogP contribution in [0.3, 0.4) is 0 Å². The van der Waals surface area contributed by atoms with Gasteiger partial charge in [-0.3, -0.25) is 0 Å². The van der Waals surface area contributed by atoms with Crippen molar-refractivity contribution in [1.29, 1.82) is 0 Å². The Kier molecular flexibility index (Phi) is 3.14. The molecule has 0 heterocycles. The second-order valence-corrected chi connectivity index (χ2v) is 3.41. The Bertz CT molecular complexity index is 315. The fourth-order valence-electron chi connectivity index (χ4n) is 1.12. The summed E-state index contributed by atoms with van der Waals surface area (Å²) in [6.07, 6.45) is 0. The Balaban J connectivity index is 3.15. The molecule has 0 saturated carbocycles. The Hall–Kier alpha value is -0.770. The summed E-state index contributed by atoms with van der Waals surface area (Å²) in [7, 11) is 0. The van der Waals surface area contributed by atoms with Crippen LogP contribution >= 0.6 is 11.6 Å². The van der Waals surface area contributed by atoms with Gasteiger partial charge in [0.05, 0.1) is 0 Å². The van der Waals surface area contributed by atoms with Gasteiger partial charge in [0.15, 0.2) is 0 Å². The average molecular weight is 201 g/mol. The summed E-state index contributed by atoms with van der Waals surface area (Å²) in [5.74, 6) is 0.105. The van der Waals surface area contributed by atoms with Crippen LogP contribution in [0.2, 0.25) is 5.02 Å². The van der Waals surface area contributed by atoms with Crippen molar-refractivity contribution in [3.8, 4) is 5.75 Å². The zero-order chi connectivity index (χ0) is 10.0. The molecule has 0 aromatic heterocycles. The van der Waals surface area contributed by atoms with E-state index in [4.69, 9.17) is 23.1 Å². The number of phenols is 1. The Morgan fingerprint density at radius 2 is 2.15 bits per heavy atom. The molecule has 1 aromatic carbocycles. The molecule has 0 unspecified atom stereocenters. The quantitative estimate of drug-likeness (QED) is 0.674. The molecule has 3 nitrogen and oxygen atoms in total. The van der Waals surface area contributed by atoms with Crippen molar-refractivity contribution in [2.75, 3.05) is 6.54 Å². The lowest BCUT2D eigenvalue weighted by molar-refractivity contribution is 0.462. The Labute approximate surface area is 82.3 Å². The number of benzene rings is 1. The standard InChI is InChI=1S/C9H13ClN2O/c1-5-2-6(8(12)4-11)9(13)3-7(5)10/h2-3,8,13H,4,11-12H2,1H3/t8-/m0/s1. The van der Waals surface area contributed by atoms with Gasteiger partial charge in [0.25, 0.3) is 0 Å². The molecule has 5 N–H and O–H groups in total. The van der Waals surface area contributed by atoms with E-state index in [1.54, 1.807) is 6.07 Å². The molecule has 0 aliphatic rings. The van der Waals surface area contributed by atoms with E-state index in [0.717, 1.165) is 5.56 Å². The maximum Gasteiger partial charge on any atom is 0.121 e. The molecule has 0 bridgehead atoms. The molecule has 1 rings (SSSR count). The highest BCUT2D eigenvalue weighted by Gasteiger charge is 2.10. The van der Waals surface area contributed by atoms with Crippen LogP contribution in [0.5, 0.6) is 5.75 Å². The van der Waals surface area contributed by atoms with Gasteiger partial charge in [0.1, 0.15) is 5.75 Å².